The second-order valence-electron chi connectivity index (χ2n) is 6.85. The van der Waals surface area contributed by atoms with Gasteiger partial charge in [-0.1, -0.05) is 12.1 Å². The average Bonchev–Trinajstić information content (AvgIpc) is 3.13. The molecule has 4 amide bonds. The molecule has 1 aliphatic heterocycles. The third-order valence-electron chi connectivity index (χ3n) is 4.86. The van der Waals surface area contributed by atoms with Crippen molar-refractivity contribution < 1.29 is 23.9 Å². The number of nitrogens with one attached hydrogen (secondary N) is 2. The summed E-state index contributed by atoms with van der Waals surface area (Å²) in [5.74, 6) is 0.315. The van der Waals surface area contributed by atoms with Crippen molar-refractivity contribution in [1.82, 2.24) is 5.32 Å². The van der Waals surface area contributed by atoms with Gasteiger partial charge in [0, 0.05) is 31.3 Å². The molecule has 3 rings (SSSR count). The highest BCUT2D eigenvalue weighted by Gasteiger charge is 2.36. The summed E-state index contributed by atoms with van der Waals surface area (Å²) in [7, 11) is 3.07. The van der Waals surface area contributed by atoms with Crippen LogP contribution in [0, 0.1) is 5.92 Å². The maximum atomic E-state index is 12.6. The molecule has 0 radical (unpaired) electrons. The smallest absolute Gasteiger partial charge is 0.316 e. The van der Waals surface area contributed by atoms with Gasteiger partial charge in [-0.3, -0.25) is 9.59 Å². The van der Waals surface area contributed by atoms with Crippen LogP contribution in [0.3, 0.4) is 0 Å². The molecule has 1 aliphatic rings. The number of hydrogen-bond acceptors (Lipinski definition) is 5. The Balaban J connectivity index is 1.62. The minimum Gasteiger partial charge on any atom is -0.497 e. The SMILES string of the molecule is COc1ccc(OC)c(N2CC(C(=O)NCc3ccc(NC(N)=O)cc3)CC2=O)c1. The van der Waals surface area contributed by atoms with Gasteiger partial charge in [0.25, 0.3) is 0 Å². The van der Waals surface area contributed by atoms with Crippen molar-refractivity contribution in [3.05, 3.63) is 48.0 Å². The van der Waals surface area contributed by atoms with Crippen molar-refractivity contribution in [3.8, 4) is 11.5 Å². The molecule has 9 heteroatoms. The molecule has 0 aliphatic carbocycles. The summed E-state index contributed by atoms with van der Waals surface area (Å²) in [6.07, 6.45) is 0.119. The fourth-order valence-corrected chi connectivity index (χ4v) is 3.31. The van der Waals surface area contributed by atoms with Crippen LogP contribution >= 0.6 is 0 Å². The van der Waals surface area contributed by atoms with E-state index < -0.39 is 11.9 Å². The highest BCUT2D eigenvalue weighted by molar-refractivity contribution is 6.01. The second-order valence-corrected chi connectivity index (χ2v) is 6.85. The highest BCUT2D eigenvalue weighted by atomic mass is 16.5. The lowest BCUT2D eigenvalue weighted by Crippen LogP contribution is -2.32. The number of hydrogen-bond donors (Lipinski definition) is 3. The molecule has 30 heavy (non-hydrogen) atoms. The van der Waals surface area contributed by atoms with E-state index in [1.165, 1.54) is 7.11 Å². The zero-order chi connectivity index (χ0) is 21.7. The summed E-state index contributed by atoms with van der Waals surface area (Å²) in [6.45, 7) is 0.568. The Labute approximate surface area is 174 Å². The number of primary amides is 1. The number of carbonyl (C=O) groups excluding carboxylic acids is 3. The largest absolute Gasteiger partial charge is 0.497 e. The van der Waals surface area contributed by atoms with Gasteiger partial charge in [-0.05, 0) is 29.8 Å². The Morgan fingerprint density at radius 1 is 1.13 bits per heavy atom. The van der Waals surface area contributed by atoms with E-state index >= 15 is 0 Å². The third-order valence-corrected chi connectivity index (χ3v) is 4.86. The summed E-state index contributed by atoms with van der Waals surface area (Å²) in [5.41, 5.74) is 7.08. The lowest BCUT2D eigenvalue weighted by molar-refractivity contribution is -0.126. The molecule has 2 aromatic carbocycles. The summed E-state index contributed by atoms with van der Waals surface area (Å²) in [5, 5.41) is 5.33. The first kappa shape index (κ1) is 21.0. The lowest BCUT2D eigenvalue weighted by atomic mass is 10.1. The molecule has 0 saturated carbocycles. The van der Waals surface area contributed by atoms with E-state index in [0.29, 0.717) is 29.4 Å². The summed E-state index contributed by atoms with van der Waals surface area (Å²) >= 11 is 0. The Hall–Kier alpha value is -3.75. The molecule has 0 spiro atoms. The number of urea groups is 1. The van der Waals surface area contributed by atoms with E-state index in [1.54, 1.807) is 54.5 Å². The summed E-state index contributed by atoms with van der Waals surface area (Å²) < 4.78 is 10.6. The normalized spacial score (nSPS) is 15.6. The topological polar surface area (TPSA) is 123 Å². The van der Waals surface area contributed by atoms with Crippen LogP contribution in [0.4, 0.5) is 16.2 Å². The van der Waals surface area contributed by atoms with Gasteiger partial charge in [-0.25, -0.2) is 4.79 Å². The molecule has 0 bridgehead atoms. The second kappa shape index (κ2) is 9.17. The number of anilines is 2. The Bertz CT molecular complexity index is 945. The minimum absolute atomic E-state index is 0.119. The van der Waals surface area contributed by atoms with Crippen molar-refractivity contribution >= 4 is 29.2 Å². The van der Waals surface area contributed by atoms with E-state index in [4.69, 9.17) is 15.2 Å². The van der Waals surface area contributed by atoms with Gasteiger partial charge >= 0.3 is 6.03 Å². The van der Waals surface area contributed by atoms with E-state index in [2.05, 4.69) is 10.6 Å². The maximum Gasteiger partial charge on any atom is 0.316 e. The predicted octanol–water partition coefficient (Wildman–Crippen LogP) is 1.86. The number of rotatable bonds is 7. The zero-order valence-corrected chi connectivity index (χ0v) is 16.8. The molecule has 9 nitrogen and oxygen atoms in total. The van der Waals surface area contributed by atoms with Gasteiger partial charge in [0.05, 0.1) is 25.8 Å². The standard InChI is InChI=1S/C21H24N4O5/c1-29-16-7-8-18(30-2)17(10-16)25-12-14(9-19(25)26)20(27)23-11-13-3-5-15(6-4-13)24-21(22)28/h3-8,10,14H,9,11-12H2,1-2H3,(H,23,27)(H3,22,24,28). The third kappa shape index (κ3) is 4.80. The van der Waals surface area contributed by atoms with Crippen LogP contribution in [0.5, 0.6) is 11.5 Å². The van der Waals surface area contributed by atoms with Gasteiger partial charge in [0.15, 0.2) is 0 Å². The molecular formula is C21H24N4O5. The average molecular weight is 412 g/mol. The van der Waals surface area contributed by atoms with Gasteiger partial charge in [-0.15, -0.1) is 0 Å². The number of nitrogens with two attached hydrogens (primary N) is 1. The molecule has 1 atom stereocenters. The van der Waals surface area contributed by atoms with Gasteiger partial charge in [0.2, 0.25) is 11.8 Å². The van der Waals surface area contributed by atoms with Crippen LogP contribution in [0.2, 0.25) is 0 Å². The molecule has 2 aromatic rings. The van der Waals surface area contributed by atoms with E-state index in [0.717, 1.165) is 5.56 Å². The molecule has 1 heterocycles. The Kier molecular flexibility index (Phi) is 6.41. The quantitative estimate of drug-likeness (QED) is 0.641. The number of ether oxygens (including phenoxy) is 2. The molecular weight excluding hydrogens is 388 g/mol. The molecule has 158 valence electrons. The predicted molar refractivity (Wildman–Crippen MR) is 112 cm³/mol. The molecule has 0 aromatic heterocycles. The van der Waals surface area contributed by atoms with E-state index in [1.807, 2.05) is 0 Å². The van der Waals surface area contributed by atoms with Gasteiger partial charge < -0.3 is 30.7 Å². The van der Waals surface area contributed by atoms with Crippen molar-refractivity contribution in [2.75, 3.05) is 31.0 Å². The van der Waals surface area contributed by atoms with Crippen LogP contribution in [-0.4, -0.2) is 38.6 Å². The fourth-order valence-electron chi connectivity index (χ4n) is 3.31. The fraction of sp³-hybridized carbons (Fsp3) is 0.286. The van der Waals surface area contributed by atoms with Crippen LogP contribution in [0.15, 0.2) is 42.5 Å². The van der Waals surface area contributed by atoms with Crippen LogP contribution in [0.1, 0.15) is 12.0 Å². The zero-order valence-electron chi connectivity index (χ0n) is 16.8. The molecule has 1 saturated heterocycles. The first-order valence-electron chi connectivity index (χ1n) is 9.36. The number of methoxy groups -OCH3 is 2. The molecule has 4 N–H and O–H groups in total. The first-order chi connectivity index (χ1) is 14.4. The number of amides is 4. The van der Waals surface area contributed by atoms with Crippen molar-refractivity contribution in [2.24, 2.45) is 11.7 Å². The number of carbonyl (C=O) groups is 3. The van der Waals surface area contributed by atoms with E-state index in [-0.39, 0.29) is 24.8 Å². The van der Waals surface area contributed by atoms with Gasteiger partial charge in [-0.2, -0.15) is 0 Å². The van der Waals surface area contributed by atoms with Crippen LogP contribution in [-0.2, 0) is 16.1 Å². The summed E-state index contributed by atoms with van der Waals surface area (Å²) in [4.78, 5) is 37.6. The van der Waals surface area contributed by atoms with Crippen molar-refractivity contribution in [1.29, 1.82) is 0 Å². The number of nitrogens with zero attached hydrogens (tertiary/aromatic N) is 1. The maximum absolute atomic E-state index is 12.6. The number of benzene rings is 2. The van der Waals surface area contributed by atoms with E-state index in [9.17, 15) is 14.4 Å². The first-order valence-corrected chi connectivity index (χ1v) is 9.36. The highest BCUT2D eigenvalue weighted by Crippen LogP contribution is 2.36. The molecule has 1 unspecified atom stereocenters. The van der Waals surface area contributed by atoms with Gasteiger partial charge in [0.1, 0.15) is 11.5 Å². The minimum atomic E-state index is -0.640. The van der Waals surface area contributed by atoms with Crippen molar-refractivity contribution in [3.63, 3.8) is 0 Å². The van der Waals surface area contributed by atoms with Crippen molar-refractivity contribution in [2.45, 2.75) is 13.0 Å². The lowest BCUT2D eigenvalue weighted by Gasteiger charge is -2.20. The monoisotopic (exact) mass is 412 g/mol. The Morgan fingerprint density at radius 3 is 2.50 bits per heavy atom. The van der Waals surface area contributed by atoms with Crippen LogP contribution in [0.25, 0.3) is 0 Å². The summed E-state index contributed by atoms with van der Waals surface area (Å²) in [6, 6.07) is 11.5. The Morgan fingerprint density at radius 2 is 1.87 bits per heavy atom. The van der Waals surface area contributed by atoms with Crippen LogP contribution < -0.4 is 30.7 Å². The molecule has 1 fully saturated rings.